The number of halogens is 1. The van der Waals surface area contributed by atoms with Crippen molar-refractivity contribution in [1.82, 2.24) is 10.1 Å². The van der Waals surface area contributed by atoms with Crippen LogP contribution in [0, 0.1) is 0 Å². The Bertz CT molecular complexity index is 969. The molecule has 0 spiro atoms. The molecule has 2 aromatic carbocycles. The van der Waals surface area contributed by atoms with Gasteiger partial charge in [0.05, 0.1) is 11.0 Å². The first kappa shape index (κ1) is 22.9. The molecule has 1 aliphatic rings. The van der Waals surface area contributed by atoms with Crippen molar-refractivity contribution in [1.29, 1.82) is 0 Å². The van der Waals surface area contributed by atoms with Crippen LogP contribution in [-0.4, -0.2) is 49.0 Å². The van der Waals surface area contributed by atoms with Crippen molar-refractivity contribution in [3.05, 3.63) is 59.1 Å². The second kappa shape index (κ2) is 9.57. The van der Waals surface area contributed by atoms with E-state index in [0.29, 0.717) is 20.1 Å². The number of hydrogen-bond donors (Lipinski definition) is 2. The summed E-state index contributed by atoms with van der Waals surface area (Å²) in [5.41, 5.74) is 1.36. The zero-order chi connectivity index (χ0) is 21.9. The Labute approximate surface area is 194 Å². The third-order valence-corrected chi connectivity index (χ3v) is 6.87. The Morgan fingerprint density at radius 2 is 2.07 bits per heavy atom. The number of rotatable bonds is 5. The maximum atomic E-state index is 12.7. The highest BCUT2D eigenvalue weighted by Crippen LogP contribution is 2.42. The zero-order valence-corrected chi connectivity index (χ0v) is 19.8. The van der Waals surface area contributed by atoms with E-state index in [1.807, 2.05) is 44.4 Å². The predicted molar refractivity (Wildman–Crippen MR) is 130 cm³/mol. The lowest BCUT2D eigenvalue weighted by Gasteiger charge is -2.34. The number of carbonyl (C=O) groups is 1. The number of thioether (sulfide) groups is 2. The van der Waals surface area contributed by atoms with E-state index >= 15 is 0 Å². The SMILES string of the molecule is CSc1ccc(/C=N/N2C(=S)SC(C)(C)C2N(O)C(=O)Nc2cccc(Cl)c2)cc1. The maximum absolute atomic E-state index is 12.7. The molecule has 1 heterocycles. The summed E-state index contributed by atoms with van der Waals surface area (Å²) in [6, 6.07) is 13.9. The Morgan fingerprint density at radius 3 is 2.70 bits per heavy atom. The number of nitrogens with zero attached hydrogens (tertiary/aromatic N) is 3. The molecule has 30 heavy (non-hydrogen) atoms. The van der Waals surface area contributed by atoms with Gasteiger partial charge in [-0.3, -0.25) is 5.21 Å². The highest BCUT2D eigenvalue weighted by molar-refractivity contribution is 8.24. The summed E-state index contributed by atoms with van der Waals surface area (Å²) in [6.45, 7) is 3.79. The molecule has 0 aliphatic carbocycles. The molecule has 3 rings (SSSR count). The third-order valence-electron chi connectivity index (χ3n) is 4.35. The van der Waals surface area contributed by atoms with Gasteiger partial charge in [-0.1, -0.05) is 53.8 Å². The third kappa shape index (κ3) is 5.28. The summed E-state index contributed by atoms with van der Waals surface area (Å²) in [7, 11) is 0. The molecule has 158 valence electrons. The normalized spacial score (nSPS) is 18.1. The van der Waals surface area contributed by atoms with Gasteiger partial charge in [0.15, 0.2) is 10.5 Å². The van der Waals surface area contributed by atoms with Crippen LogP contribution in [0.2, 0.25) is 5.02 Å². The van der Waals surface area contributed by atoms with Crippen LogP contribution in [0.5, 0.6) is 0 Å². The summed E-state index contributed by atoms with van der Waals surface area (Å²) in [5, 5.41) is 20.4. The van der Waals surface area contributed by atoms with Gasteiger partial charge in [0.2, 0.25) is 0 Å². The molecular weight excluding hydrogens is 460 g/mol. The Hall–Kier alpha value is -1.78. The van der Waals surface area contributed by atoms with Gasteiger partial charge in [0.25, 0.3) is 0 Å². The molecule has 2 N–H and O–H groups in total. The van der Waals surface area contributed by atoms with E-state index in [2.05, 4.69) is 10.4 Å². The van der Waals surface area contributed by atoms with Crippen LogP contribution >= 0.6 is 47.3 Å². The average molecular weight is 481 g/mol. The number of anilines is 1. The van der Waals surface area contributed by atoms with Crippen LogP contribution in [-0.2, 0) is 0 Å². The zero-order valence-electron chi connectivity index (χ0n) is 16.6. The van der Waals surface area contributed by atoms with Crippen molar-refractivity contribution >= 4 is 69.6 Å². The molecule has 2 aromatic rings. The van der Waals surface area contributed by atoms with E-state index in [9.17, 15) is 10.0 Å². The minimum atomic E-state index is -0.795. The van der Waals surface area contributed by atoms with Crippen molar-refractivity contribution in [2.45, 2.75) is 29.7 Å². The van der Waals surface area contributed by atoms with Crippen molar-refractivity contribution in [2.24, 2.45) is 5.10 Å². The van der Waals surface area contributed by atoms with Gasteiger partial charge in [-0.15, -0.1) is 11.8 Å². The largest absolute Gasteiger partial charge is 0.347 e. The van der Waals surface area contributed by atoms with Crippen LogP contribution in [0.25, 0.3) is 0 Å². The summed E-state index contributed by atoms with van der Waals surface area (Å²) in [5.74, 6) is 0. The average Bonchev–Trinajstić information content (AvgIpc) is 2.93. The lowest BCUT2D eigenvalue weighted by Crippen LogP contribution is -2.54. The monoisotopic (exact) mass is 480 g/mol. The first-order chi connectivity index (χ1) is 14.2. The molecule has 1 atom stereocenters. The van der Waals surface area contributed by atoms with Gasteiger partial charge in [0.1, 0.15) is 0 Å². The van der Waals surface area contributed by atoms with E-state index < -0.39 is 16.9 Å². The van der Waals surface area contributed by atoms with E-state index in [4.69, 9.17) is 23.8 Å². The van der Waals surface area contributed by atoms with Crippen LogP contribution in [0.4, 0.5) is 10.5 Å². The topological polar surface area (TPSA) is 68.2 Å². The summed E-state index contributed by atoms with van der Waals surface area (Å²) in [6.07, 6.45) is 2.88. The van der Waals surface area contributed by atoms with Crippen molar-refractivity contribution in [3.8, 4) is 0 Å². The lowest BCUT2D eigenvalue weighted by atomic mass is 10.1. The van der Waals surface area contributed by atoms with Gasteiger partial charge >= 0.3 is 6.03 Å². The van der Waals surface area contributed by atoms with E-state index in [1.165, 1.54) is 16.8 Å². The van der Waals surface area contributed by atoms with Crippen LogP contribution in [0.3, 0.4) is 0 Å². The summed E-state index contributed by atoms with van der Waals surface area (Å²) < 4.78 is -0.117. The minimum absolute atomic E-state index is 0.469. The molecule has 1 unspecified atom stereocenters. The van der Waals surface area contributed by atoms with Gasteiger partial charge in [0, 0.05) is 15.6 Å². The number of nitrogens with one attached hydrogen (secondary N) is 1. The molecule has 2 amide bonds. The highest BCUT2D eigenvalue weighted by Gasteiger charge is 2.50. The maximum Gasteiger partial charge on any atom is 0.347 e. The predicted octanol–water partition coefficient (Wildman–Crippen LogP) is 5.76. The Kier molecular flexibility index (Phi) is 7.30. The Morgan fingerprint density at radius 1 is 1.37 bits per heavy atom. The number of hydrazone groups is 1. The number of carbonyl (C=O) groups excluding carboxylic acids is 1. The fourth-order valence-corrected chi connectivity index (χ4v) is 5.29. The molecule has 1 aliphatic heterocycles. The van der Waals surface area contributed by atoms with E-state index in [1.54, 1.807) is 42.2 Å². The number of amides is 2. The van der Waals surface area contributed by atoms with Crippen LogP contribution < -0.4 is 5.32 Å². The molecule has 0 saturated carbocycles. The van der Waals surface area contributed by atoms with Gasteiger partial charge in [-0.2, -0.15) is 10.2 Å². The molecule has 0 aromatic heterocycles. The van der Waals surface area contributed by atoms with Gasteiger partial charge < -0.3 is 5.32 Å². The van der Waals surface area contributed by atoms with Crippen LogP contribution in [0.15, 0.2) is 58.5 Å². The number of urea groups is 1. The van der Waals surface area contributed by atoms with Crippen LogP contribution in [0.1, 0.15) is 19.4 Å². The Balaban J connectivity index is 1.80. The molecule has 10 heteroatoms. The summed E-state index contributed by atoms with van der Waals surface area (Å²) in [4.78, 5) is 13.8. The van der Waals surface area contributed by atoms with Gasteiger partial charge in [-0.25, -0.2) is 9.80 Å². The fourth-order valence-electron chi connectivity index (χ4n) is 2.90. The highest BCUT2D eigenvalue weighted by atomic mass is 35.5. The molecular formula is C20H21ClN4O2S3. The first-order valence-corrected chi connectivity index (χ1v) is 11.8. The van der Waals surface area contributed by atoms with E-state index in [-0.39, 0.29) is 0 Å². The quantitative estimate of drug-likeness (QED) is 0.186. The number of benzene rings is 2. The second-order valence-electron chi connectivity index (χ2n) is 6.99. The smallest absolute Gasteiger partial charge is 0.306 e. The number of hydroxylamine groups is 2. The van der Waals surface area contributed by atoms with Crippen molar-refractivity contribution in [3.63, 3.8) is 0 Å². The summed E-state index contributed by atoms with van der Waals surface area (Å²) >= 11 is 14.5. The minimum Gasteiger partial charge on any atom is -0.306 e. The molecule has 1 saturated heterocycles. The molecule has 1 fully saturated rings. The second-order valence-corrected chi connectivity index (χ2v) is 10.6. The molecule has 0 bridgehead atoms. The lowest BCUT2D eigenvalue weighted by molar-refractivity contribution is -0.114. The van der Waals surface area contributed by atoms with Gasteiger partial charge in [-0.05, 0) is 56.0 Å². The van der Waals surface area contributed by atoms with Crippen molar-refractivity contribution < 1.29 is 10.0 Å². The van der Waals surface area contributed by atoms with E-state index in [0.717, 1.165) is 10.5 Å². The fraction of sp³-hybridized carbons (Fsp3) is 0.250. The molecule has 6 nitrogen and oxygen atoms in total. The standard InChI is InChI=1S/C20H21ClN4O2S3/c1-20(2)17(25(27)18(26)23-15-6-4-5-14(21)11-15)24(19(28)30-20)22-12-13-7-9-16(29-3)10-8-13/h4-12,17,27H,1-3H3,(H,23,26)/b22-12+. The first-order valence-electron chi connectivity index (χ1n) is 8.96. The number of hydrogen-bond acceptors (Lipinski definition) is 6. The number of thiocarbonyl (C=S) groups is 1. The molecule has 0 radical (unpaired) electrons. The van der Waals surface area contributed by atoms with Crippen molar-refractivity contribution in [2.75, 3.05) is 11.6 Å².